The average molecular weight is 124 g/mol. The summed E-state index contributed by atoms with van der Waals surface area (Å²) in [6.45, 7) is 1.70. The number of carbonyl (C=O) groups is 1. The first kappa shape index (κ1) is 3.66. The van der Waals surface area contributed by atoms with Crippen molar-refractivity contribution < 1.29 is 6.17 Å². The molecule has 0 fully saturated rings. The zero-order valence-corrected chi connectivity index (χ0v) is 4.80. The largest absolute Gasteiger partial charge is 0.291 e. The molecule has 0 saturated carbocycles. The van der Waals surface area contributed by atoms with Crippen LogP contribution < -0.4 is 5.43 Å². The molecule has 1 amide bonds. The number of nitrogens with zero attached hydrogens (tertiary/aromatic N) is 2. The summed E-state index contributed by atoms with van der Waals surface area (Å²) in [7, 11) is 0. The molecule has 0 radical (unpaired) electrons. The summed E-state index contributed by atoms with van der Waals surface area (Å²) in [5, 5.41) is 3.84. The second-order valence-electron chi connectivity index (χ2n) is 1.91. The van der Waals surface area contributed by atoms with Crippen molar-refractivity contribution in [3.63, 3.8) is 0 Å². The van der Waals surface area contributed by atoms with Gasteiger partial charge in [0.2, 0.25) is 0 Å². The predicted octanol–water partition coefficient (Wildman–Crippen LogP) is -0.111. The summed E-state index contributed by atoms with van der Waals surface area (Å²) in [6.07, 6.45) is 0. The number of rotatable bonds is 0. The smallest absolute Gasteiger partial charge is 0.265 e. The molecule has 0 saturated heterocycles. The van der Waals surface area contributed by atoms with Crippen LogP contribution in [0.15, 0.2) is 6.04 Å². The summed E-state index contributed by atoms with van der Waals surface area (Å²) in [4.78, 5) is 12.0. The molecule has 4 heteroatoms. The maximum absolute atomic E-state index is 10.7. The molecular formula is C5H5N3O. The minimum Gasteiger partial charge on any atom is -0.265 e. The van der Waals surface area contributed by atoms with Crippen LogP contribution in [-0.2, 0) is 0 Å². The third-order valence-electron chi connectivity index (χ3n) is 1.18. The molecular weight excluding hydrogens is 118 g/mol. The SMILES string of the molecule is [2H]c1c(C)nn2c1C(=O)N2. The van der Waals surface area contributed by atoms with Crippen molar-refractivity contribution in [2.75, 3.05) is 5.43 Å². The van der Waals surface area contributed by atoms with Crippen molar-refractivity contribution in [1.29, 1.82) is 0 Å². The molecule has 0 atom stereocenters. The van der Waals surface area contributed by atoms with E-state index in [4.69, 9.17) is 1.37 Å². The number of aryl methyl sites for hydroxylation is 1. The molecule has 0 aliphatic carbocycles. The van der Waals surface area contributed by atoms with Gasteiger partial charge in [-0.3, -0.25) is 4.79 Å². The van der Waals surface area contributed by atoms with Gasteiger partial charge in [0.05, 0.1) is 7.06 Å². The number of fused-ring (bicyclic) bond motifs is 1. The molecule has 4 nitrogen and oxygen atoms in total. The normalized spacial score (nSPS) is 15.7. The van der Waals surface area contributed by atoms with Gasteiger partial charge in [0.25, 0.3) is 5.91 Å². The minimum absolute atomic E-state index is 0.217. The van der Waals surface area contributed by atoms with Crippen LogP contribution in [0, 0.1) is 6.92 Å². The van der Waals surface area contributed by atoms with Crippen molar-refractivity contribution in [3.8, 4) is 0 Å². The van der Waals surface area contributed by atoms with Gasteiger partial charge < -0.3 is 0 Å². The van der Waals surface area contributed by atoms with Crippen LogP contribution in [0.5, 0.6) is 0 Å². The number of aromatic nitrogens is 2. The topological polar surface area (TPSA) is 46.9 Å². The molecule has 1 aliphatic rings. The van der Waals surface area contributed by atoms with E-state index in [2.05, 4.69) is 10.5 Å². The van der Waals surface area contributed by atoms with Gasteiger partial charge >= 0.3 is 0 Å². The summed E-state index contributed by atoms with van der Waals surface area (Å²) >= 11 is 0. The molecule has 1 aliphatic heterocycles. The average Bonchev–Trinajstić information content (AvgIpc) is 2.05. The number of hydrogen-bond acceptors (Lipinski definition) is 2. The standard InChI is InChI=1S/C5H5N3O/c1-3-2-4-5(9)7-8(4)6-3/h2H,1H3,(H,7,9)/i2D. The lowest BCUT2D eigenvalue weighted by Gasteiger charge is -2.14. The fourth-order valence-electron chi connectivity index (χ4n) is 0.779. The van der Waals surface area contributed by atoms with Crippen LogP contribution >= 0.6 is 0 Å². The molecule has 9 heavy (non-hydrogen) atoms. The Bertz CT molecular complexity index is 317. The Hall–Kier alpha value is -1.32. The zero-order chi connectivity index (χ0) is 7.30. The van der Waals surface area contributed by atoms with E-state index in [0.29, 0.717) is 11.4 Å². The fraction of sp³-hybridized carbons (Fsp3) is 0.200. The molecule has 1 N–H and O–H groups in total. The van der Waals surface area contributed by atoms with Crippen LogP contribution in [0.25, 0.3) is 0 Å². The second kappa shape index (κ2) is 1.15. The summed E-state index contributed by atoms with van der Waals surface area (Å²) in [5.74, 6) is -0.217. The first-order chi connectivity index (χ1) is 4.70. The van der Waals surface area contributed by atoms with Gasteiger partial charge in [0.1, 0.15) is 0 Å². The van der Waals surface area contributed by atoms with E-state index in [-0.39, 0.29) is 11.9 Å². The van der Waals surface area contributed by atoms with E-state index in [0.717, 1.165) is 0 Å². The van der Waals surface area contributed by atoms with Gasteiger partial charge in [0, 0.05) is 0 Å². The van der Waals surface area contributed by atoms with Crippen LogP contribution in [0.1, 0.15) is 17.6 Å². The van der Waals surface area contributed by atoms with Gasteiger partial charge in [-0.1, -0.05) is 0 Å². The van der Waals surface area contributed by atoms with Crippen LogP contribution in [-0.4, -0.2) is 15.8 Å². The summed E-state index contributed by atoms with van der Waals surface area (Å²) in [6, 6.07) is 0.226. The number of carbonyl (C=O) groups excluding carboxylic acids is 1. The Balaban J connectivity index is 2.70. The van der Waals surface area contributed by atoms with Crippen molar-refractivity contribution in [2.45, 2.75) is 6.92 Å². The predicted molar refractivity (Wildman–Crippen MR) is 30.7 cm³/mol. The maximum Gasteiger partial charge on any atom is 0.291 e. The van der Waals surface area contributed by atoms with Crippen molar-refractivity contribution in [3.05, 3.63) is 17.4 Å². The van der Waals surface area contributed by atoms with E-state index < -0.39 is 0 Å². The van der Waals surface area contributed by atoms with E-state index >= 15 is 0 Å². The third kappa shape index (κ3) is 0.419. The monoisotopic (exact) mass is 124 g/mol. The number of amides is 1. The third-order valence-corrected chi connectivity index (χ3v) is 1.18. The Morgan fingerprint density at radius 1 is 2.00 bits per heavy atom. The van der Waals surface area contributed by atoms with Crippen molar-refractivity contribution >= 4 is 5.91 Å². The zero-order valence-electron chi connectivity index (χ0n) is 5.80. The fourth-order valence-corrected chi connectivity index (χ4v) is 0.779. The van der Waals surface area contributed by atoms with Crippen molar-refractivity contribution in [1.82, 2.24) is 9.89 Å². The lowest BCUT2D eigenvalue weighted by molar-refractivity contribution is 0.0956. The Morgan fingerprint density at radius 3 is 3.22 bits per heavy atom. The van der Waals surface area contributed by atoms with Gasteiger partial charge in [-0.25, -0.2) is 5.43 Å². The van der Waals surface area contributed by atoms with Gasteiger partial charge in [0.15, 0.2) is 5.69 Å². The molecule has 1 aromatic heterocycles. The van der Waals surface area contributed by atoms with Gasteiger partial charge in [-0.05, 0) is 13.0 Å². The maximum atomic E-state index is 10.7. The van der Waals surface area contributed by atoms with Gasteiger partial charge in [-0.15, -0.1) is 0 Å². The number of hydrogen-bond donors (Lipinski definition) is 1. The van der Waals surface area contributed by atoms with Crippen molar-refractivity contribution in [2.24, 2.45) is 0 Å². The highest BCUT2D eigenvalue weighted by molar-refractivity contribution is 6.04. The van der Waals surface area contributed by atoms with Crippen LogP contribution in [0.3, 0.4) is 0 Å². The van der Waals surface area contributed by atoms with Crippen LogP contribution in [0.4, 0.5) is 0 Å². The molecule has 46 valence electrons. The lowest BCUT2D eigenvalue weighted by Crippen LogP contribution is -2.38. The number of nitrogens with one attached hydrogen (secondary N) is 1. The van der Waals surface area contributed by atoms with Crippen LogP contribution in [0.2, 0.25) is 0 Å². The first-order valence-electron chi connectivity index (χ1n) is 3.07. The molecule has 2 rings (SSSR count). The van der Waals surface area contributed by atoms with E-state index in [9.17, 15) is 4.79 Å². The minimum atomic E-state index is -0.217. The quantitative estimate of drug-likeness (QED) is 0.524. The van der Waals surface area contributed by atoms with E-state index in [1.165, 1.54) is 4.79 Å². The molecule has 0 bridgehead atoms. The highest BCUT2D eigenvalue weighted by Gasteiger charge is 2.23. The molecule has 2 heterocycles. The first-order valence-corrected chi connectivity index (χ1v) is 2.57. The summed E-state index contributed by atoms with van der Waals surface area (Å²) < 4.78 is 7.30. The Morgan fingerprint density at radius 2 is 2.78 bits per heavy atom. The second-order valence-corrected chi connectivity index (χ2v) is 1.91. The Kier molecular flexibility index (Phi) is 0.468. The van der Waals surface area contributed by atoms with E-state index in [1.807, 2.05) is 0 Å². The molecule has 0 aromatic carbocycles. The highest BCUT2D eigenvalue weighted by atomic mass is 16.2. The highest BCUT2D eigenvalue weighted by Crippen LogP contribution is 2.08. The molecule has 0 spiro atoms. The Labute approximate surface area is 52.8 Å². The lowest BCUT2D eigenvalue weighted by atomic mass is 10.3. The molecule has 1 aromatic rings. The molecule has 0 unspecified atom stereocenters. The summed E-state index contributed by atoms with van der Waals surface area (Å²) in [5.41, 5.74) is 3.33. The van der Waals surface area contributed by atoms with Gasteiger partial charge in [-0.2, -0.15) is 9.89 Å². The van der Waals surface area contributed by atoms with E-state index in [1.54, 1.807) is 6.92 Å².